The van der Waals surface area contributed by atoms with E-state index in [0.29, 0.717) is 6.54 Å². The molecule has 0 radical (unpaired) electrons. The number of nitrogens with two attached hydrogens (primary N) is 1. The van der Waals surface area contributed by atoms with Gasteiger partial charge in [-0.05, 0) is 41.0 Å². The molecule has 2 nitrogen and oxygen atoms in total. The van der Waals surface area contributed by atoms with E-state index in [4.69, 9.17) is 5.73 Å². The van der Waals surface area contributed by atoms with Gasteiger partial charge in [-0.3, -0.25) is 4.79 Å². The number of halogens is 1. The third-order valence-corrected chi connectivity index (χ3v) is 3.50. The third-order valence-electron chi connectivity index (χ3n) is 1.86. The summed E-state index contributed by atoms with van der Waals surface area (Å²) >= 11 is 4.81. The molecular formula is C9H12BrNOS. The Hall–Kier alpha value is -0.190. The van der Waals surface area contributed by atoms with Crippen molar-refractivity contribution in [3.8, 4) is 0 Å². The van der Waals surface area contributed by atoms with E-state index < -0.39 is 0 Å². The van der Waals surface area contributed by atoms with Crippen LogP contribution in [0.25, 0.3) is 0 Å². The van der Waals surface area contributed by atoms with E-state index in [1.807, 2.05) is 19.1 Å². The summed E-state index contributed by atoms with van der Waals surface area (Å²) in [6, 6.07) is 3.75. The first-order chi connectivity index (χ1) is 6.15. The Bertz CT molecular complexity index is 298. The van der Waals surface area contributed by atoms with E-state index in [1.54, 1.807) is 0 Å². The van der Waals surface area contributed by atoms with Crippen molar-refractivity contribution in [2.75, 3.05) is 6.54 Å². The molecule has 1 unspecified atom stereocenters. The molecule has 0 aliphatic rings. The first kappa shape index (κ1) is 10.9. The maximum atomic E-state index is 11.7. The average molecular weight is 262 g/mol. The number of thiophene rings is 1. The summed E-state index contributed by atoms with van der Waals surface area (Å²) < 4.78 is 0.996. The van der Waals surface area contributed by atoms with Gasteiger partial charge in [-0.15, -0.1) is 11.3 Å². The van der Waals surface area contributed by atoms with Crippen molar-refractivity contribution >= 4 is 33.0 Å². The zero-order chi connectivity index (χ0) is 9.84. The van der Waals surface area contributed by atoms with Gasteiger partial charge in [0.2, 0.25) is 0 Å². The van der Waals surface area contributed by atoms with E-state index in [-0.39, 0.29) is 11.7 Å². The quantitative estimate of drug-likeness (QED) is 0.848. The summed E-state index contributed by atoms with van der Waals surface area (Å²) in [5, 5.41) is 0. The van der Waals surface area contributed by atoms with Crippen LogP contribution in [0.2, 0.25) is 0 Å². The topological polar surface area (TPSA) is 43.1 Å². The van der Waals surface area contributed by atoms with Crippen LogP contribution in [0.1, 0.15) is 23.0 Å². The highest BCUT2D eigenvalue weighted by atomic mass is 79.9. The van der Waals surface area contributed by atoms with Crippen LogP contribution in [0.3, 0.4) is 0 Å². The van der Waals surface area contributed by atoms with Crippen molar-refractivity contribution in [1.29, 1.82) is 0 Å². The van der Waals surface area contributed by atoms with Crippen molar-refractivity contribution in [3.05, 3.63) is 20.8 Å². The van der Waals surface area contributed by atoms with Gasteiger partial charge in [-0.1, -0.05) is 6.92 Å². The van der Waals surface area contributed by atoms with Gasteiger partial charge in [0.15, 0.2) is 5.78 Å². The van der Waals surface area contributed by atoms with Crippen LogP contribution in [-0.2, 0) is 0 Å². The average Bonchev–Trinajstić information content (AvgIpc) is 2.51. The highest BCUT2D eigenvalue weighted by Crippen LogP contribution is 2.24. The van der Waals surface area contributed by atoms with E-state index in [9.17, 15) is 4.79 Å². The Morgan fingerprint density at radius 3 is 2.85 bits per heavy atom. The summed E-state index contributed by atoms with van der Waals surface area (Å²) in [6.45, 7) is 2.49. The zero-order valence-electron chi connectivity index (χ0n) is 7.42. The number of ketones is 1. The zero-order valence-corrected chi connectivity index (χ0v) is 9.82. The molecule has 0 saturated heterocycles. The molecule has 0 spiro atoms. The Kier molecular flexibility index (Phi) is 4.09. The van der Waals surface area contributed by atoms with E-state index in [1.165, 1.54) is 11.3 Å². The molecule has 1 aromatic heterocycles. The second-order valence-corrected chi connectivity index (χ2v) is 5.41. The molecule has 0 aromatic carbocycles. The third kappa shape index (κ3) is 2.90. The largest absolute Gasteiger partial charge is 0.330 e. The molecule has 0 fully saturated rings. The molecule has 0 bridgehead atoms. The minimum absolute atomic E-state index is 0.0375. The van der Waals surface area contributed by atoms with Gasteiger partial charge in [0.05, 0.1) is 8.66 Å². The van der Waals surface area contributed by atoms with Crippen molar-refractivity contribution in [2.24, 2.45) is 11.7 Å². The summed E-state index contributed by atoms with van der Waals surface area (Å²) in [4.78, 5) is 12.5. The van der Waals surface area contributed by atoms with Crippen LogP contribution in [0, 0.1) is 5.92 Å². The van der Waals surface area contributed by atoms with Crippen LogP contribution < -0.4 is 5.73 Å². The standard InChI is InChI=1S/C9H12BrNOS/c1-6(4-5-11)9(12)7-2-3-8(10)13-7/h2-3,6H,4-5,11H2,1H3. The monoisotopic (exact) mass is 261 g/mol. The molecule has 0 aliphatic carbocycles. The van der Waals surface area contributed by atoms with Crippen LogP contribution in [0.5, 0.6) is 0 Å². The highest BCUT2D eigenvalue weighted by molar-refractivity contribution is 9.11. The second kappa shape index (κ2) is 4.88. The van der Waals surface area contributed by atoms with Gasteiger partial charge in [0.25, 0.3) is 0 Å². The van der Waals surface area contributed by atoms with Gasteiger partial charge < -0.3 is 5.73 Å². The van der Waals surface area contributed by atoms with Crippen LogP contribution >= 0.6 is 27.3 Å². The molecule has 1 heterocycles. The lowest BCUT2D eigenvalue weighted by Crippen LogP contribution is -2.14. The predicted molar refractivity (Wildman–Crippen MR) is 59.2 cm³/mol. The highest BCUT2D eigenvalue weighted by Gasteiger charge is 2.15. The molecule has 2 N–H and O–H groups in total. The van der Waals surface area contributed by atoms with Gasteiger partial charge >= 0.3 is 0 Å². The molecule has 4 heteroatoms. The Morgan fingerprint density at radius 1 is 1.69 bits per heavy atom. The van der Waals surface area contributed by atoms with Gasteiger partial charge in [0, 0.05) is 5.92 Å². The number of rotatable bonds is 4. The Morgan fingerprint density at radius 2 is 2.38 bits per heavy atom. The molecule has 1 atom stereocenters. The number of hydrogen-bond acceptors (Lipinski definition) is 3. The number of Topliss-reactive ketones (excluding diaryl/α,β-unsaturated/α-hetero) is 1. The summed E-state index contributed by atoms with van der Waals surface area (Å²) in [5.41, 5.74) is 5.39. The lowest BCUT2D eigenvalue weighted by atomic mass is 10.0. The van der Waals surface area contributed by atoms with Gasteiger partial charge in [0.1, 0.15) is 0 Å². The first-order valence-corrected chi connectivity index (χ1v) is 5.75. The Labute approximate surface area is 90.3 Å². The molecule has 13 heavy (non-hydrogen) atoms. The summed E-state index contributed by atoms with van der Waals surface area (Å²) in [7, 11) is 0. The van der Waals surface area contributed by atoms with E-state index >= 15 is 0 Å². The van der Waals surface area contributed by atoms with Gasteiger partial charge in [-0.25, -0.2) is 0 Å². The number of carbonyl (C=O) groups is 1. The maximum absolute atomic E-state index is 11.7. The predicted octanol–water partition coefficient (Wildman–Crippen LogP) is 2.68. The molecule has 1 aromatic rings. The SMILES string of the molecule is CC(CCN)C(=O)c1ccc(Br)s1. The van der Waals surface area contributed by atoms with Crippen LogP contribution in [0.4, 0.5) is 0 Å². The molecule has 0 amide bonds. The smallest absolute Gasteiger partial charge is 0.175 e. The molecule has 0 saturated carbocycles. The summed E-state index contributed by atoms with van der Waals surface area (Å²) in [5.74, 6) is 0.233. The maximum Gasteiger partial charge on any atom is 0.175 e. The molecule has 0 aliphatic heterocycles. The normalized spacial score (nSPS) is 12.8. The van der Waals surface area contributed by atoms with Crippen molar-refractivity contribution < 1.29 is 4.79 Å². The fourth-order valence-electron chi connectivity index (χ4n) is 1.07. The minimum Gasteiger partial charge on any atom is -0.330 e. The number of hydrogen-bond donors (Lipinski definition) is 1. The van der Waals surface area contributed by atoms with Crippen molar-refractivity contribution in [1.82, 2.24) is 0 Å². The van der Waals surface area contributed by atoms with Crippen molar-refractivity contribution in [2.45, 2.75) is 13.3 Å². The van der Waals surface area contributed by atoms with Crippen molar-refractivity contribution in [3.63, 3.8) is 0 Å². The fraction of sp³-hybridized carbons (Fsp3) is 0.444. The molecule has 72 valence electrons. The fourth-order valence-corrected chi connectivity index (χ4v) is 2.51. The Balaban J connectivity index is 2.67. The number of carbonyl (C=O) groups excluding carboxylic acids is 1. The van der Waals surface area contributed by atoms with E-state index in [2.05, 4.69) is 15.9 Å². The molecular weight excluding hydrogens is 250 g/mol. The second-order valence-electron chi connectivity index (χ2n) is 2.95. The summed E-state index contributed by atoms with van der Waals surface area (Å²) in [6.07, 6.45) is 0.758. The lowest BCUT2D eigenvalue weighted by Gasteiger charge is -2.05. The van der Waals surface area contributed by atoms with Gasteiger partial charge in [-0.2, -0.15) is 0 Å². The molecule has 1 rings (SSSR count). The lowest BCUT2D eigenvalue weighted by molar-refractivity contribution is 0.0929. The minimum atomic E-state index is 0.0375. The van der Waals surface area contributed by atoms with E-state index in [0.717, 1.165) is 15.1 Å². The van der Waals surface area contributed by atoms with Crippen LogP contribution in [-0.4, -0.2) is 12.3 Å². The first-order valence-electron chi connectivity index (χ1n) is 4.14. The van der Waals surface area contributed by atoms with Crippen LogP contribution in [0.15, 0.2) is 15.9 Å².